The normalized spacial score (nSPS) is 15.7. The number of imidazole rings is 1. The van der Waals surface area contributed by atoms with Crippen molar-refractivity contribution in [2.45, 2.75) is 23.8 Å². The number of benzene rings is 2. The maximum Gasteiger partial charge on any atom is 0.252 e. The average Bonchev–Trinajstić information content (AvgIpc) is 3.45. The molecule has 3 aromatic rings. The third-order valence-electron chi connectivity index (χ3n) is 5.39. The zero-order valence-corrected chi connectivity index (χ0v) is 17.8. The fraction of sp³-hybridized carbons (Fsp3) is 0.273. The van der Waals surface area contributed by atoms with E-state index in [0.717, 1.165) is 12.8 Å². The summed E-state index contributed by atoms with van der Waals surface area (Å²) in [7, 11) is -1.83. The first kappa shape index (κ1) is 21.2. The molecule has 1 N–H and O–H groups in total. The van der Waals surface area contributed by atoms with Gasteiger partial charge in [0.2, 0.25) is 10.0 Å². The van der Waals surface area contributed by atoms with Gasteiger partial charge in [0.05, 0.1) is 4.90 Å². The Morgan fingerprint density at radius 2 is 1.84 bits per heavy atom. The number of aromatic nitrogens is 2. The fourth-order valence-corrected chi connectivity index (χ4v) is 5.26. The summed E-state index contributed by atoms with van der Waals surface area (Å²) in [4.78, 5) is 17.5. The minimum absolute atomic E-state index is 0.0948. The van der Waals surface area contributed by atoms with Crippen LogP contribution in [0.3, 0.4) is 0 Å². The molecule has 0 saturated carbocycles. The van der Waals surface area contributed by atoms with E-state index < -0.39 is 22.0 Å². The molecule has 9 heteroatoms. The predicted molar refractivity (Wildman–Crippen MR) is 113 cm³/mol. The van der Waals surface area contributed by atoms with Gasteiger partial charge in [-0.15, -0.1) is 0 Å². The molecular weight excluding hydrogens is 419 g/mol. The van der Waals surface area contributed by atoms with Gasteiger partial charge in [0, 0.05) is 38.1 Å². The first-order chi connectivity index (χ1) is 14.9. The maximum atomic E-state index is 13.4. The molecule has 0 bridgehead atoms. The Balaban J connectivity index is 1.63. The van der Waals surface area contributed by atoms with Crippen molar-refractivity contribution in [3.05, 3.63) is 83.7 Å². The first-order valence-electron chi connectivity index (χ1n) is 10.00. The number of carbonyl (C=O) groups excluding carboxylic acids is 1. The smallest absolute Gasteiger partial charge is 0.252 e. The van der Waals surface area contributed by atoms with Gasteiger partial charge in [-0.25, -0.2) is 17.8 Å². The van der Waals surface area contributed by atoms with Crippen LogP contribution in [-0.2, 0) is 17.1 Å². The van der Waals surface area contributed by atoms with E-state index in [0.29, 0.717) is 24.5 Å². The Labute approximate surface area is 180 Å². The lowest BCUT2D eigenvalue weighted by molar-refractivity contribution is 0.0941. The molecular formula is C22H23FN4O3S. The molecule has 7 nitrogen and oxygen atoms in total. The van der Waals surface area contributed by atoms with Crippen molar-refractivity contribution in [2.24, 2.45) is 7.05 Å². The summed E-state index contributed by atoms with van der Waals surface area (Å²) >= 11 is 0. The summed E-state index contributed by atoms with van der Waals surface area (Å²) in [6.45, 7) is 0.981. The maximum absolute atomic E-state index is 13.4. The fourth-order valence-electron chi connectivity index (χ4n) is 3.70. The highest BCUT2D eigenvalue weighted by Gasteiger charge is 2.28. The Morgan fingerprint density at radius 3 is 2.48 bits per heavy atom. The zero-order valence-electron chi connectivity index (χ0n) is 17.0. The molecule has 1 atom stereocenters. The zero-order chi connectivity index (χ0) is 22.0. The average molecular weight is 443 g/mol. The molecule has 1 aliphatic heterocycles. The third kappa shape index (κ3) is 4.38. The Morgan fingerprint density at radius 1 is 1.13 bits per heavy atom. The lowest BCUT2D eigenvalue weighted by Crippen LogP contribution is -2.31. The molecule has 162 valence electrons. The minimum atomic E-state index is -3.63. The summed E-state index contributed by atoms with van der Waals surface area (Å²) in [5.74, 6) is -0.259. The van der Waals surface area contributed by atoms with E-state index in [1.165, 1.54) is 28.6 Å². The summed E-state index contributed by atoms with van der Waals surface area (Å²) in [5.41, 5.74) is 0.881. The second-order valence-electron chi connectivity index (χ2n) is 7.49. The molecule has 4 rings (SSSR count). The molecule has 1 saturated heterocycles. The number of amides is 1. The highest BCUT2D eigenvalue weighted by Crippen LogP contribution is 2.24. The topological polar surface area (TPSA) is 84.3 Å². The van der Waals surface area contributed by atoms with Crippen LogP contribution in [0.2, 0.25) is 0 Å². The molecule has 0 aliphatic carbocycles. The Hall–Kier alpha value is -3.04. The van der Waals surface area contributed by atoms with Crippen molar-refractivity contribution in [1.29, 1.82) is 0 Å². The lowest BCUT2D eigenvalue weighted by atomic mass is 10.1. The van der Waals surface area contributed by atoms with Crippen molar-refractivity contribution >= 4 is 15.9 Å². The quantitative estimate of drug-likeness (QED) is 0.636. The largest absolute Gasteiger partial charge is 0.338 e. The number of sulfonamides is 1. The monoisotopic (exact) mass is 442 g/mol. The molecule has 0 spiro atoms. The van der Waals surface area contributed by atoms with Gasteiger partial charge in [-0.2, -0.15) is 4.31 Å². The third-order valence-corrected chi connectivity index (χ3v) is 7.29. The number of hydrogen-bond acceptors (Lipinski definition) is 4. The van der Waals surface area contributed by atoms with Gasteiger partial charge >= 0.3 is 0 Å². The molecule has 2 heterocycles. The van der Waals surface area contributed by atoms with E-state index in [2.05, 4.69) is 10.3 Å². The van der Waals surface area contributed by atoms with Crippen molar-refractivity contribution in [3.63, 3.8) is 0 Å². The van der Waals surface area contributed by atoms with Crippen LogP contribution in [0, 0.1) is 5.82 Å². The molecule has 31 heavy (non-hydrogen) atoms. The number of rotatable bonds is 6. The highest BCUT2D eigenvalue weighted by atomic mass is 32.2. The van der Waals surface area contributed by atoms with E-state index in [-0.39, 0.29) is 16.3 Å². The van der Waals surface area contributed by atoms with Crippen LogP contribution in [-0.4, -0.2) is 41.3 Å². The number of hydrogen-bond donors (Lipinski definition) is 1. The Bertz CT molecular complexity index is 1190. The number of aryl methyl sites for hydroxylation is 1. The summed E-state index contributed by atoms with van der Waals surface area (Å²) in [5, 5.41) is 2.91. The van der Waals surface area contributed by atoms with Gasteiger partial charge in [-0.05, 0) is 48.7 Å². The molecule has 0 radical (unpaired) electrons. The lowest BCUT2D eigenvalue weighted by Gasteiger charge is -2.20. The second-order valence-corrected chi connectivity index (χ2v) is 9.43. The molecule has 2 aromatic carbocycles. The van der Waals surface area contributed by atoms with E-state index >= 15 is 0 Å². The number of nitrogens with one attached hydrogen (secondary N) is 1. The van der Waals surface area contributed by atoms with Crippen LogP contribution >= 0.6 is 0 Å². The van der Waals surface area contributed by atoms with Crippen molar-refractivity contribution < 1.29 is 17.6 Å². The molecule has 1 amide bonds. The van der Waals surface area contributed by atoms with E-state index in [1.807, 2.05) is 0 Å². The number of halogens is 1. The minimum Gasteiger partial charge on any atom is -0.338 e. The van der Waals surface area contributed by atoms with Gasteiger partial charge < -0.3 is 9.88 Å². The van der Waals surface area contributed by atoms with Crippen LogP contribution in [0.4, 0.5) is 4.39 Å². The van der Waals surface area contributed by atoms with Crippen LogP contribution in [0.25, 0.3) is 0 Å². The van der Waals surface area contributed by atoms with Crippen molar-refractivity contribution in [2.75, 3.05) is 13.1 Å². The summed E-state index contributed by atoms with van der Waals surface area (Å²) in [6, 6.07) is 11.2. The number of carbonyl (C=O) groups is 1. The molecule has 1 unspecified atom stereocenters. The van der Waals surface area contributed by atoms with Crippen LogP contribution in [0.5, 0.6) is 0 Å². The van der Waals surface area contributed by atoms with Crippen LogP contribution < -0.4 is 5.32 Å². The van der Waals surface area contributed by atoms with Gasteiger partial charge in [-0.3, -0.25) is 4.79 Å². The second kappa shape index (κ2) is 8.60. The van der Waals surface area contributed by atoms with E-state index in [4.69, 9.17) is 0 Å². The van der Waals surface area contributed by atoms with Crippen LogP contribution in [0.1, 0.15) is 40.6 Å². The van der Waals surface area contributed by atoms with E-state index in [9.17, 15) is 17.6 Å². The van der Waals surface area contributed by atoms with Gasteiger partial charge in [0.15, 0.2) is 0 Å². The summed E-state index contributed by atoms with van der Waals surface area (Å²) < 4.78 is 42.3. The Kier molecular flexibility index (Phi) is 5.88. The van der Waals surface area contributed by atoms with E-state index in [1.54, 1.807) is 48.3 Å². The van der Waals surface area contributed by atoms with Gasteiger partial charge in [0.25, 0.3) is 5.91 Å². The van der Waals surface area contributed by atoms with Crippen molar-refractivity contribution in [1.82, 2.24) is 19.2 Å². The number of nitrogens with zero attached hydrogens (tertiary/aromatic N) is 3. The van der Waals surface area contributed by atoms with Crippen molar-refractivity contribution in [3.8, 4) is 0 Å². The first-order valence-corrected chi connectivity index (χ1v) is 11.4. The SMILES string of the molecule is Cn1ccnc1C(NC(=O)c1cccc(S(=O)(=O)N2CCCC2)c1)c1ccc(F)cc1. The molecule has 1 aromatic heterocycles. The van der Waals surface area contributed by atoms with Gasteiger partial charge in [-0.1, -0.05) is 18.2 Å². The summed E-state index contributed by atoms with van der Waals surface area (Å²) in [6.07, 6.45) is 5.04. The highest BCUT2D eigenvalue weighted by molar-refractivity contribution is 7.89. The predicted octanol–water partition coefficient (Wildman–Crippen LogP) is 2.86. The molecule has 1 fully saturated rings. The standard InChI is InChI=1S/C22H23FN4O3S/c1-26-14-11-24-21(26)20(16-7-9-18(23)10-8-16)25-22(28)17-5-4-6-19(15-17)31(29,30)27-12-2-3-13-27/h4-11,14-15,20H,2-3,12-13H2,1H3,(H,25,28). The van der Waals surface area contributed by atoms with Gasteiger partial charge in [0.1, 0.15) is 17.7 Å². The van der Waals surface area contributed by atoms with Crippen LogP contribution in [0.15, 0.2) is 65.8 Å². The molecule has 1 aliphatic rings.